The molecule has 0 saturated heterocycles. The molecule has 2 amide bonds. The monoisotopic (exact) mass is 490 g/mol. The normalized spacial score (nSPS) is 11.2. The second-order valence-electron chi connectivity index (χ2n) is 8.74. The third-order valence-corrected chi connectivity index (χ3v) is 5.17. The fourth-order valence-electron chi connectivity index (χ4n) is 2.58. The molecule has 2 N–H and O–H groups in total. The number of amides is 2. The molecule has 0 unspecified atom stereocenters. The maximum atomic E-state index is 12.2. The molecule has 2 aromatic rings. The van der Waals surface area contributed by atoms with E-state index in [1.165, 1.54) is 0 Å². The minimum Gasteiger partial charge on any atom is -0.494 e. The van der Waals surface area contributed by atoms with Gasteiger partial charge in [-0.15, -0.1) is 0 Å². The first-order chi connectivity index (χ1) is 14.6. The summed E-state index contributed by atoms with van der Waals surface area (Å²) < 4.78 is 12.0. The van der Waals surface area contributed by atoms with Crippen LogP contribution in [0.25, 0.3) is 0 Å². The summed E-state index contributed by atoms with van der Waals surface area (Å²) in [6.07, 6.45) is 0.966. The van der Waals surface area contributed by atoms with Crippen molar-refractivity contribution >= 4 is 27.7 Å². The summed E-state index contributed by atoms with van der Waals surface area (Å²) in [6.45, 7) is 11.1. The molecule has 0 heterocycles. The van der Waals surface area contributed by atoms with Gasteiger partial charge in [-0.2, -0.15) is 0 Å². The number of carbonyl (C=O) groups is 2. The van der Waals surface area contributed by atoms with E-state index in [0.29, 0.717) is 29.6 Å². The molecule has 0 aliphatic rings. The SMILES string of the molecule is CC(C)CCOc1ccc(C(=O)NNC(=O)COc2ccc(C(C)(C)C)cc2Br)cc1. The molecule has 0 saturated carbocycles. The van der Waals surface area contributed by atoms with Crippen molar-refractivity contribution in [1.82, 2.24) is 10.9 Å². The Labute approximate surface area is 192 Å². The predicted octanol–water partition coefficient (Wildman–Crippen LogP) is 5.01. The van der Waals surface area contributed by atoms with E-state index in [-0.39, 0.29) is 12.0 Å². The molecule has 0 bridgehead atoms. The lowest BCUT2D eigenvalue weighted by Crippen LogP contribution is -2.43. The average molecular weight is 491 g/mol. The smallest absolute Gasteiger partial charge is 0.276 e. The van der Waals surface area contributed by atoms with Gasteiger partial charge in [0.1, 0.15) is 11.5 Å². The van der Waals surface area contributed by atoms with Crippen molar-refractivity contribution < 1.29 is 19.1 Å². The lowest BCUT2D eigenvalue weighted by molar-refractivity contribution is -0.123. The zero-order valence-electron chi connectivity index (χ0n) is 18.8. The van der Waals surface area contributed by atoms with Crippen molar-refractivity contribution in [1.29, 1.82) is 0 Å². The van der Waals surface area contributed by atoms with Gasteiger partial charge >= 0.3 is 0 Å². The van der Waals surface area contributed by atoms with Gasteiger partial charge in [-0.05, 0) is 75.6 Å². The molecule has 168 valence electrons. The molecule has 0 spiro atoms. The van der Waals surface area contributed by atoms with Crippen molar-refractivity contribution in [2.75, 3.05) is 13.2 Å². The number of hydrogen-bond donors (Lipinski definition) is 2. The third kappa shape index (κ3) is 8.25. The van der Waals surface area contributed by atoms with E-state index in [1.807, 2.05) is 18.2 Å². The Kier molecular flexibility index (Phi) is 8.92. The first kappa shape index (κ1) is 24.7. The van der Waals surface area contributed by atoms with E-state index >= 15 is 0 Å². The zero-order valence-corrected chi connectivity index (χ0v) is 20.3. The molecular formula is C24H31BrN2O4. The summed E-state index contributed by atoms with van der Waals surface area (Å²) in [5.41, 5.74) is 6.33. The van der Waals surface area contributed by atoms with Crippen molar-refractivity contribution in [2.45, 2.75) is 46.5 Å². The molecule has 0 atom stereocenters. The molecule has 6 nitrogen and oxygen atoms in total. The highest BCUT2D eigenvalue weighted by atomic mass is 79.9. The number of hydrazine groups is 1. The van der Waals surface area contributed by atoms with Gasteiger partial charge < -0.3 is 9.47 Å². The van der Waals surface area contributed by atoms with Crippen molar-refractivity contribution in [2.24, 2.45) is 5.92 Å². The number of halogens is 1. The van der Waals surface area contributed by atoms with Crippen LogP contribution >= 0.6 is 15.9 Å². The maximum absolute atomic E-state index is 12.2. The number of rotatable bonds is 8. The van der Waals surface area contributed by atoms with Crippen LogP contribution in [-0.4, -0.2) is 25.0 Å². The molecule has 7 heteroatoms. The summed E-state index contributed by atoms with van der Waals surface area (Å²) in [5.74, 6) is 0.952. The Hall–Kier alpha value is -2.54. The number of carbonyl (C=O) groups excluding carboxylic acids is 2. The van der Waals surface area contributed by atoms with Crippen molar-refractivity contribution in [3.8, 4) is 11.5 Å². The zero-order chi connectivity index (χ0) is 23.0. The highest BCUT2D eigenvalue weighted by molar-refractivity contribution is 9.10. The Morgan fingerprint density at radius 1 is 1.00 bits per heavy atom. The fourth-order valence-corrected chi connectivity index (χ4v) is 3.07. The first-order valence-corrected chi connectivity index (χ1v) is 11.1. The second kappa shape index (κ2) is 11.2. The van der Waals surface area contributed by atoms with E-state index in [4.69, 9.17) is 9.47 Å². The van der Waals surface area contributed by atoms with Gasteiger partial charge in [0.25, 0.3) is 11.8 Å². The average Bonchev–Trinajstić information content (AvgIpc) is 2.70. The molecule has 0 aromatic heterocycles. The number of nitrogens with one attached hydrogen (secondary N) is 2. The minimum absolute atomic E-state index is 0.0150. The van der Waals surface area contributed by atoms with Crippen molar-refractivity contribution in [3.05, 3.63) is 58.1 Å². The van der Waals surface area contributed by atoms with E-state index in [9.17, 15) is 9.59 Å². The first-order valence-electron chi connectivity index (χ1n) is 10.3. The summed E-state index contributed by atoms with van der Waals surface area (Å²) in [4.78, 5) is 24.2. The fraction of sp³-hybridized carbons (Fsp3) is 0.417. The van der Waals surface area contributed by atoms with Gasteiger partial charge in [-0.3, -0.25) is 20.4 Å². The Bertz CT molecular complexity index is 889. The molecule has 0 fully saturated rings. The number of benzene rings is 2. The van der Waals surface area contributed by atoms with Crippen LogP contribution in [0.2, 0.25) is 0 Å². The van der Waals surface area contributed by atoms with Crippen molar-refractivity contribution in [3.63, 3.8) is 0 Å². The second-order valence-corrected chi connectivity index (χ2v) is 9.60. The quantitative estimate of drug-likeness (QED) is 0.509. The summed E-state index contributed by atoms with van der Waals surface area (Å²) in [5, 5.41) is 0. The van der Waals surface area contributed by atoms with Crippen LogP contribution < -0.4 is 20.3 Å². The summed E-state index contributed by atoms with van der Waals surface area (Å²) in [6, 6.07) is 12.5. The minimum atomic E-state index is -0.464. The Morgan fingerprint density at radius 2 is 1.68 bits per heavy atom. The largest absolute Gasteiger partial charge is 0.494 e. The van der Waals surface area contributed by atoms with Crippen LogP contribution in [0, 0.1) is 5.92 Å². The molecular weight excluding hydrogens is 460 g/mol. The topological polar surface area (TPSA) is 76.7 Å². The Morgan fingerprint density at radius 3 is 2.26 bits per heavy atom. The van der Waals surface area contributed by atoms with Crippen LogP contribution in [0.15, 0.2) is 46.9 Å². The third-order valence-electron chi connectivity index (χ3n) is 4.55. The van der Waals surface area contributed by atoms with E-state index in [0.717, 1.165) is 16.5 Å². The number of hydrogen-bond acceptors (Lipinski definition) is 4. The van der Waals surface area contributed by atoms with Crippen LogP contribution in [0.4, 0.5) is 0 Å². The van der Waals surface area contributed by atoms with E-state index in [2.05, 4.69) is 61.4 Å². The van der Waals surface area contributed by atoms with Crippen LogP contribution in [0.5, 0.6) is 11.5 Å². The van der Waals surface area contributed by atoms with Crippen LogP contribution in [-0.2, 0) is 10.2 Å². The Balaban J connectivity index is 1.79. The molecule has 31 heavy (non-hydrogen) atoms. The molecule has 0 aliphatic carbocycles. The highest BCUT2D eigenvalue weighted by Crippen LogP contribution is 2.31. The van der Waals surface area contributed by atoms with Crippen LogP contribution in [0.1, 0.15) is 57.0 Å². The highest BCUT2D eigenvalue weighted by Gasteiger charge is 2.16. The molecule has 0 radical (unpaired) electrons. The molecule has 0 aliphatic heterocycles. The van der Waals surface area contributed by atoms with E-state index < -0.39 is 11.8 Å². The van der Waals surface area contributed by atoms with Gasteiger partial charge in [-0.25, -0.2) is 0 Å². The van der Waals surface area contributed by atoms with Gasteiger partial charge in [0.15, 0.2) is 6.61 Å². The summed E-state index contributed by atoms with van der Waals surface area (Å²) >= 11 is 3.47. The van der Waals surface area contributed by atoms with Gasteiger partial charge in [-0.1, -0.05) is 40.7 Å². The predicted molar refractivity (Wildman–Crippen MR) is 125 cm³/mol. The van der Waals surface area contributed by atoms with Crippen LogP contribution in [0.3, 0.4) is 0 Å². The van der Waals surface area contributed by atoms with Gasteiger partial charge in [0.05, 0.1) is 11.1 Å². The molecule has 2 rings (SSSR count). The lowest BCUT2D eigenvalue weighted by Gasteiger charge is -2.20. The summed E-state index contributed by atoms with van der Waals surface area (Å²) in [7, 11) is 0. The van der Waals surface area contributed by atoms with E-state index in [1.54, 1.807) is 24.3 Å². The number of ether oxygens (including phenoxy) is 2. The van der Waals surface area contributed by atoms with Gasteiger partial charge in [0, 0.05) is 5.56 Å². The maximum Gasteiger partial charge on any atom is 0.276 e. The van der Waals surface area contributed by atoms with Gasteiger partial charge in [0.2, 0.25) is 0 Å². The lowest BCUT2D eigenvalue weighted by atomic mass is 9.87. The molecule has 2 aromatic carbocycles. The standard InChI is InChI=1S/C24H31BrN2O4/c1-16(2)12-13-30-19-9-6-17(7-10-19)23(29)27-26-22(28)15-31-21-11-8-18(14-20(21)25)24(3,4)5/h6-11,14,16H,12-13,15H2,1-5H3,(H,26,28)(H,27,29).